The van der Waals surface area contributed by atoms with Crippen LogP contribution >= 0.6 is 36.0 Å². The van der Waals surface area contributed by atoms with E-state index in [0.29, 0.717) is 10.0 Å². The van der Waals surface area contributed by atoms with Gasteiger partial charge in [0.2, 0.25) is 0 Å². The molecule has 0 bridgehead atoms. The first-order chi connectivity index (χ1) is 5.74. The zero-order valence-electron chi connectivity index (χ0n) is 6.35. The highest BCUT2D eigenvalue weighted by Crippen LogP contribution is 2.22. The van der Waals surface area contributed by atoms with Gasteiger partial charge in [-0.25, -0.2) is 0 Å². The summed E-state index contributed by atoms with van der Waals surface area (Å²) in [4.78, 5) is 0. The molecule has 0 saturated heterocycles. The molecule has 66 valence electrons. The number of nitrogens with one attached hydrogen (secondary N) is 1. The molecule has 0 amide bonds. The van der Waals surface area contributed by atoms with Gasteiger partial charge in [0.1, 0.15) is 0 Å². The van der Waals surface area contributed by atoms with Crippen molar-refractivity contribution >= 4 is 36.0 Å². The Balaban J connectivity index is 2.69. The van der Waals surface area contributed by atoms with Crippen molar-refractivity contribution in [3.05, 3.63) is 33.8 Å². The highest BCUT2D eigenvalue weighted by atomic mass is 35.5. The quantitative estimate of drug-likeness (QED) is 0.749. The predicted octanol–water partition coefficient (Wildman–Crippen LogP) is 2.97. The predicted molar refractivity (Wildman–Crippen MR) is 57.2 cm³/mol. The summed E-state index contributed by atoms with van der Waals surface area (Å²) in [5.41, 5.74) is 1.16. The minimum Gasteiger partial charge on any atom is -0.266 e. The Morgan fingerprint density at radius 1 is 1.25 bits per heavy atom. The number of hydrogen-bond donors (Lipinski definition) is 2. The van der Waals surface area contributed by atoms with Crippen LogP contribution in [0.1, 0.15) is 5.56 Å². The maximum atomic E-state index is 5.82. The normalized spacial score (nSPS) is 10.2. The van der Waals surface area contributed by atoms with Crippen molar-refractivity contribution in [3.63, 3.8) is 0 Å². The molecular formula is C8H9Cl2NS. The second kappa shape index (κ2) is 4.97. The molecule has 1 aromatic carbocycles. The standard InChI is InChI=1S/C8H9Cl2NS/c9-7-2-1-6(3-4-11-12)5-8(7)10/h1-2,5,11-12H,3-4H2. The Morgan fingerprint density at radius 3 is 2.58 bits per heavy atom. The van der Waals surface area contributed by atoms with Gasteiger partial charge in [-0.15, -0.1) is 0 Å². The van der Waals surface area contributed by atoms with Gasteiger partial charge in [0.25, 0.3) is 0 Å². The lowest BCUT2D eigenvalue weighted by molar-refractivity contribution is 0.914. The molecule has 1 rings (SSSR count). The van der Waals surface area contributed by atoms with Crippen LogP contribution in [0.3, 0.4) is 0 Å². The topological polar surface area (TPSA) is 12.0 Å². The van der Waals surface area contributed by atoms with Crippen molar-refractivity contribution < 1.29 is 0 Å². The Labute approximate surface area is 87.6 Å². The average Bonchev–Trinajstić information content (AvgIpc) is 2.07. The molecule has 0 atom stereocenters. The molecule has 0 aromatic heterocycles. The molecule has 1 N–H and O–H groups in total. The summed E-state index contributed by atoms with van der Waals surface area (Å²) in [5, 5.41) is 1.20. The second-order valence-corrected chi connectivity index (χ2v) is 3.54. The minimum absolute atomic E-state index is 0.597. The van der Waals surface area contributed by atoms with E-state index in [0.717, 1.165) is 18.5 Å². The van der Waals surface area contributed by atoms with E-state index >= 15 is 0 Å². The Bertz CT molecular complexity index is 265. The van der Waals surface area contributed by atoms with Gasteiger partial charge in [-0.05, 0) is 24.1 Å². The van der Waals surface area contributed by atoms with E-state index in [1.807, 2.05) is 12.1 Å². The lowest BCUT2D eigenvalue weighted by Gasteiger charge is -2.01. The van der Waals surface area contributed by atoms with Crippen LogP contribution in [0, 0.1) is 0 Å². The van der Waals surface area contributed by atoms with Crippen LogP contribution in [0.15, 0.2) is 18.2 Å². The summed E-state index contributed by atoms with van der Waals surface area (Å²) in [6.45, 7) is 0.821. The third-order valence-electron chi connectivity index (χ3n) is 1.51. The third-order valence-corrected chi connectivity index (χ3v) is 2.47. The summed E-state index contributed by atoms with van der Waals surface area (Å²) >= 11 is 15.5. The Kier molecular flexibility index (Phi) is 4.22. The molecule has 0 aliphatic carbocycles. The van der Waals surface area contributed by atoms with Gasteiger partial charge < -0.3 is 0 Å². The fourth-order valence-corrected chi connectivity index (χ4v) is 1.33. The van der Waals surface area contributed by atoms with E-state index in [1.54, 1.807) is 6.07 Å². The largest absolute Gasteiger partial charge is 0.266 e. The van der Waals surface area contributed by atoms with Crippen molar-refractivity contribution in [2.45, 2.75) is 6.42 Å². The van der Waals surface area contributed by atoms with Crippen LogP contribution in [-0.2, 0) is 6.42 Å². The second-order valence-electron chi connectivity index (χ2n) is 2.41. The number of benzene rings is 1. The van der Waals surface area contributed by atoms with Crippen molar-refractivity contribution in [2.24, 2.45) is 0 Å². The summed E-state index contributed by atoms with van der Waals surface area (Å²) in [5.74, 6) is 0. The van der Waals surface area contributed by atoms with Crippen LogP contribution in [0.5, 0.6) is 0 Å². The van der Waals surface area contributed by atoms with Crippen LogP contribution in [-0.4, -0.2) is 6.54 Å². The summed E-state index contributed by atoms with van der Waals surface area (Å²) < 4.78 is 2.77. The summed E-state index contributed by atoms with van der Waals surface area (Å²) in [6, 6.07) is 5.63. The van der Waals surface area contributed by atoms with Gasteiger partial charge in [-0.2, -0.15) is 0 Å². The summed E-state index contributed by atoms with van der Waals surface area (Å²) in [7, 11) is 0. The number of thiol groups is 1. The van der Waals surface area contributed by atoms with E-state index in [4.69, 9.17) is 23.2 Å². The smallest absolute Gasteiger partial charge is 0.0595 e. The zero-order valence-corrected chi connectivity index (χ0v) is 8.76. The van der Waals surface area contributed by atoms with E-state index in [2.05, 4.69) is 17.5 Å². The molecule has 1 nitrogen and oxygen atoms in total. The van der Waals surface area contributed by atoms with E-state index in [9.17, 15) is 0 Å². The highest BCUT2D eigenvalue weighted by molar-refractivity contribution is 7.78. The molecule has 0 fully saturated rings. The molecule has 1 aromatic rings. The maximum Gasteiger partial charge on any atom is 0.0595 e. The molecule has 0 spiro atoms. The number of hydrogen-bond acceptors (Lipinski definition) is 2. The Morgan fingerprint density at radius 2 is 2.00 bits per heavy atom. The van der Waals surface area contributed by atoms with E-state index in [-0.39, 0.29) is 0 Å². The van der Waals surface area contributed by atoms with Crippen molar-refractivity contribution in [2.75, 3.05) is 6.54 Å². The van der Waals surface area contributed by atoms with Crippen LogP contribution in [0.25, 0.3) is 0 Å². The van der Waals surface area contributed by atoms with Gasteiger partial charge >= 0.3 is 0 Å². The number of rotatable bonds is 3. The monoisotopic (exact) mass is 221 g/mol. The van der Waals surface area contributed by atoms with Crippen molar-refractivity contribution in [1.29, 1.82) is 0 Å². The molecule has 0 aliphatic rings. The molecule has 0 saturated carbocycles. The lowest BCUT2D eigenvalue weighted by atomic mass is 10.1. The SMILES string of the molecule is SNCCc1ccc(Cl)c(Cl)c1. The highest BCUT2D eigenvalue weighted by Gasteiger charge is 1.98. The molecule has 0 unspecified atom stereocenters. The lowest BCUT2D eigenvalue weighted by Crippen LogP contribution is -2.04. The molecule has 0 aliphatic heterocycles. The summed E-state index contributed by atoms with van der Waals surface area (Å²) in [6.07, 6.45) is 0.903. The number of halogens is 2. The van der Waals surface area contributed by atoms with Gasteiger partial charge in [-0.3, -0.25) is 4.72 Å². The first-order valence-electron chi connectivity index (χ1n) is 3.55. The van der Waals surface area contributed by atoms with Gasteiger partial charge in [0.15, 0.2) is 0 Å². The van der Waals surface area contributed by atoms with Crippen LogP contribution < -0.4 is 4.72 Å². The van der Waals surface area contributed by atoms with Gasteiger partial charge in [0, 0.05) is 6.54 Å². The first kappa shape index (κ1) is 10.2. The minimum atomic E-state index is 0.597. The van der Waals surface area contributed by atoms with Crippen LogP contribution in [0.2, 0.25) is 10.0 Å². The fourth-order valence-electron chi connectivity index (χ4n) is 0.895. The van der Waals surface area contributed by atoms with E-state index < -0.39 is 0 Å². The zero-order chi connectivity index (χ0) is 8.97. The van der Waals surface area contributed by atoms with Crippen molar-refractivity contribution in [1.82, 2.24) is 4.72 Å². The first-order valence-corrected chi connectivity index (χ1v) is 4.75. The van der Waals surface area contributed by atoms with Gasteiger partial charge in [-0.1, -0.05) is 42.1 Å². The molecule has 4 heteroatoms. The molecule has 0 radical (unpaired) electrons. The van der Waals surface area contributed by atoms with Crippen LogP contribution in [0.4, 0.5) is 0 Å². The molecular weight excluding hydrogens is 213 g/mol. The average molecular weight is 222 g/mol. The third kappa shape index (κ3) is 2.87. The molecule has 0 heterocycles. The van der Waals surface area contributed by atoms with Crippen molar-refractivity contribution in [3.8, 4) is 0 Å². The van der Waals surface area contributed by atoms with Gasteiger partial charge in [0.05, 0.1) is 10.0 Å². The van der Waals surface area contributed by atoms with E-state index in [1.165, 1.54) is 0 Å². The Hall–Kier alpha value is 0.110. The molecule has 12 heavy (non-hydrogen) atoms. The maximum absolute atomic E-state index is 5.82. The fraction of sp³-hybridized carbons (Fsp3) is 0.250.